The third-order valence-electron chi connectivity index (χ3n) is 4.43. The summed E-state index contributed by atoms with van der Waals surface area (Å²) in [5, 5.41) is 11.8. The van der Waals surface area contributed by atoms with Gasteiger partial charge in [-0.15, -0.1) is 0 Å². The Morgan fingerprint density at radius 2 is 1.96 bits per heavy atom. The number of nitro groups is 1. The second kappa shape index (κ2) is 6.05. The zero-order valence-corrected chi connectivity index (χ0v) is 13.4. The normalized spacial score (nSPS) is 13.4. The largest absolute Gasteiger partial charge is 0.461 e. The van der Waals surface area contributed by atoms with E-state index in [1.54, 1.807) is 18.2 Å². The van der Waals surface area contributed by atoms with Gasteiger partial charge < -0.3 is 9.15 Å². The summed E-state index contributed by atoms with van der Waals surface area (Å²) in [4.78, 5) is 22.6. The molecule has 1 aliphatic rings. The summed E-state index contributed by atoms with van der Waals surface area (Å²) in [6.07, 6.45) is 4.15. The standard InChI is InChI=1S/C19H15NO5/c21-19(12-4-3-5-13(10-12)20(22)23)24-14-8-9-18-16(11-14)15-6-1-2-7-17(15)25-18/h3-5,8-11H,1-2,6-7H2. The molecule has 1 aromatic heterocycles. The Morgan fingerprint density at radius 1 is 1.12 bits per heavy atom. The fourth-order valence-electron chi connectivity index (χ4n) is 3.22. The first-order valence-electron chi connectivity index (χ1n) is 8.13. The van der Waals surface area contributed by atoms with Crippen LogP contribution in [0.3, 0.4) is 0 Å². The molecule has 0 spiro atoms. The summed E-state index contributed by atoms with van der Waals surface area (Å²) in [6, 6.07) is 10.8. The SMILES string of the molecule is O=C(Oc1ccc2oc3c(c2c1)CCCC3)c1cccc([N+](=O)[O-])c1. The summed E-state index contributed by atoms with van der Waals surface area (Å²) < 4.78 is 11.3. The van der Waals surface area contributed by atoms with E-state index in [9.17, 15) is 14.9 Å². The lowest BCUT2D eigenvalue weighted by molar-refractivity contribution is -0.384. The van der Waals surface area contributed by atoms with E-state index < -0.39 is 10.9 Å². The number of nitrogens with zero attached hydrogens (tertiary/aromatic N) is 1. The molecule has 0 unspecified atom stereocenters. The number of furan rings is 1. The van der Waals surface area contributed by atoms with E-state index in [4.69, 9.17) is 9.15 Å². The summed E-state index contributed by atoms with van der Waals surface area (Å²) >= 11 is 0. The fraction of sp³-hybridized carbons (Fsp3) is 0.211. The van der Waals surface area contributed by atoms with E-state index in [-0.39, 0.29) is 11.3 Å². The lowest BCUT2D eigenvalue weighted by Gasteiger charge is -2.09. The van der Waals surface area contributed by atoms with Gasteiger partial charge in [0, 0.05) is 29.5 Å². The van der Waals surface area contributed by atoms with Crippen molar-refractivity contribution in [2.75, 3.05) is 0 Å². The van der Waals surface area contributed by atoms with Crippen LogP contribution in [0.5, 0.6) is 5.75 Å². The van der Waals surface area contributed by atoms with Crippen molar-refractivity contribution >= 4 is 22.6 Å². The van der Waals surface area contributed by atoms with E-state index in [1.165, 1.54) is 29.8 Å². The van der Waals surface area contributed by atoms with Gasteiger partial charge in [0.1, 0.15) is 17.1 Å². The molecule has 0 atom stereocenters. The van der Waals surface area contributed by atoms with Gasteiger partial charge in [0.2, 0.25) is 0 Å². The molecule has 2 aromatic carbocycles. The lowest BCUT2D eigenvalue weighted by atomic mass is 9.96. The lowest BCUT2D eigenvalue weighted by Crippen LogP contribution is -2.08. The smallest absolute Gasteiger partial charge is 0.343 e. The minimum Gasteiger partial charge on any atom is -0.461 e. The molecule has 0 bridgehead atoms. The second-order valence-corrected chi connectivity index (χ2v) is 6.07. The van der Waals surface area contributed by atoms with E-state index in [0.29, 0.717) is 5.75 Å². The van der Waals surface area contributed by atoms with Crippen LogP contribution >= 0.6 is 0 Å². The predicted octanol–water partition coefficient (Wildman–Crippen LogP) is 4.44. The number of carbonyl (C=O) groups excluding carboxylic acids is 1. The van der Waals surface area contributed by atoms with Gasteiger partial charge in [-0.3, -0.25) is 10.1 Å². The fourth-order valence-corrected chi connectivity index (χ4v) is 3.22. The third kappa shape index (κ3) is 2.87. The first-order chi connectivity index (χ1) is 12.1. The molecule has 0 N–H and O–H groups in total. The Kier molecular flexibility index (Phi) is 3.72. The van der Waals surface area contributed by atoms with Crippen molar-refractivity contribution in [1.82, 2.24) is 0 Å². The maximum Gasteiger partial charge on any atom is 0.343 e. The number of nitro benzene ring substituents is 1. The summed E-state index contributed by atoms with van der Waals surface area (Å²) in [7, 11) is 0. The van der Waals surface area contributed by atoms with Crippen molar-refractivity contribution in [3.8, 4) is 5.75 Å². The molecule has 0 saturated heterocycles. The van der Waals surface area contributed by atoms with Gasteiger partial charge >= 0.3 is 5.97 Å². The second-order valence-electron chi connectivity index (χ2n) is 6.07. The van der Waals surface area contributed by atoms with Gasteiger partial charge in [-0.05, 0) is 43.5 Å². The Labute approximate surface area is 143 Å². The Morgan fingerprint density at radius 3 is 2.80 bits per heavy atom. The maximum atomic E-state index is 12.3. The van der Waals surface area contributed by atoms with E-state index in [2.05, 4.69) is 0 Å². The van der Waals surface area contributed by atoms with Crippen LogP contribution in [0.2, 0.25) is 0 Å². The highest BCUT2D eigenvalue weighted by Gasteiger charge is 2.19. The van der Waals surface area contributed by atoms with Gasteiger partial charge in [0.15, 0.2) is 0 Å². The zero-order valence-electron chi connectivity index (χ0n) is 13.4. The van der Waals surface area contributed by atoms with Gasteiger partial charge in [0.05, 0.1) is 10.5 Å². The quantitative estimate of drug-likeness (QED) is 0.305. The maximum absolute atomic E-state index is 12.3. The highest BCUT2D eigenvalue weighted by molar-refractivity contribution is 5.92. The zero-order chi connectivity index (χ0) is 17.4. The van der Waals surface area contributed by atoms with E-state index in [1.807, 2.05) is 0 Å². The van der Waals surface area contributed by atoms with Crippen molar-refractivity contribution in [1.29, 1.82) is 0 Å². The molecular weight excluding hydrogens is 322 g/mol. The minimum atomic E-state index is -0.625. The molecule has 0 aliphatic heterocycles. The number of fused-ring (bicyclic) bond motifs is 3. The molecule has 4 rings (SSSR count). The minimum absolute atomic E-state index is 0.142. The van der Waals surface area contributed by atoms with Crippen LogP contribution < -0.4 is 4.74 Å². The number of rotatable bonds is 3. The van der Waals surface area contributed by atoms with Crippen molar-refractivity contribution in [2.24, 2.45) is 0 Å². The van der Waals surface area contributed by atoms with Crippen LogP contribution in [0.4, 0.5) is 5.69 Å². The average Bonchev–Trinajstić information content (AvgIpc) is 3.00. The number of aryl methyl sites for hydroxylation is 2. The first kappa shape index (κ1) is 15.4. The van der Waals surface area contributed by atoms with Crippen LogP contribution in [0.25, 0.3) is 11.0 Å². The van der Waals surface area contributed by atoms with Crippen molar-refractivity contribution in [3.05, 3.63) is 69.5 Å². The van der Waals surface area contributed by atoms with Crippen LogP contribution in [-0.4, -0.2) is 10.9 Å². The molecule has 0 amide bonds. The molecule has 3 aromatic rings. The Hall–Kier alpha value is -3.15. The van der Waals surface area contributed by atoms with Gasteiger partial charge in [0.25, 0.3) is 5.69 Å². The monoisotopic (exact) mass is 337 g/mol. The van der Waals surface area contributed by atoms with E-state index in [0.717, 1.165) is 42.4 Å². The summed E-state index contributed by atoms with van der Waals surface area (Å²) in [5.41, 5.74) is 1.98. The number of hydrogen-bond donors (Lipinski definition) is 0. The molecule has 0 radical (unpaired) electrons. The Bertz CT molecular complexity index is 989. The van der Waals surface area contributed by atoms with Crippen molar-refractivity contribution in [3.63, 3.8) is 0 Å². The number of benzene rings is 2. The summed E-state index contributed by atoms with van der Waals surface area (Å²) in [6.45, 7) is 0. The molecular formula is C19H15NO5. The summed E-state index contributed by atoms with van der Waals surface area (Å²) in [5.74, 6) is 0.794. The van der Waals surface area contributed by atoms with Gasteiger partial charge in [-0.25, -0.2) is 4.79 Å². The predicted molar refractivity (Wildman–Crippen MR) is 90.9 cm³/mol. The molecule has 1 aliphatic carbocycles. The van der Waals surface area contributed by atoms with Crippen molar-refractivity contribution < 1.29 is 18.9 Å². The third-order valence-corrected chi connectivity index (χ3v) is 4.43. The van der Waals surface area contributed by atoms with Crippen molar-refractivity contribution in [2.45, 2.75) is 25.7 Å². The molecule has 0 fully saturated rings. The highest BCUT2D eigenvalue weighted by Crippen LogP contribution is 2.34. The highest BCUT2D eigenvalue weighted by atomic mass is 16.6. The molecule has 126 valence electrons. The first-order valence-corrected chi connectivity index (χ1v) is 8.13. The number of esters is 1. The van der Waals surface area contributed by atoms with Crippen LogP contribution in [0, 0.1) is 10.1 Å². The topological polar surface area (TPSA) is 82.6 Å². The number of ether oxygens (including phenoxy) is 1. The van der Waals surface area contributed by atoms with Gasteiger partial charge in [-0.2, -0.15) is 0 Å². The van der Waals surface area contributed by atoms with Gasteiger partial charge in [-0.1, -0.05) is 6.07 Å². The Balaban J connectivity index is 1.63. The molecule has 25 heavy (non-hydrogen) atoms. The molecule has 6 heteroatoms. The van der Waals surface area contributed by atoms with Crippen LogP contribution in [-0.2, 0) is 12.8 Å². The number of hydrogen-bond acceptors (Lipinski definition) is 5. The number of non-ortho nitro benzene ring substituents is 1. The van der Waals surface area contributed by atoms with Crippen LogP contribution in [0.1, 0.15) is 34.5 Å². The average molecular weight is 337 g/mol. The number of carbonyl (C=O) groups is 1. The molecule has 6 nitrogen and oxygen atoms in total. The van der Waals surface area contributed by atoms with Crippen LogP contribution in [0.15, 0.2) is 46.9 Å². The molecule has 0 saturated carbocycles. The molecule has 1 heterocycles. The van der Waals surface area contributed by atoms with E-state index >= 15 is 0 Å².